The maximum absolute atomic E-state index is 12.8. The lowest BCUT2D eigenvalue weighted by Gasteiger charge is -2.09. The number of carbonyl (C=O) groups excluding carboxylic acids is 2. The first-order chi connectivity index (χ1) is 11.6. The Hall–Kier alpha value is -2.95. The van der Waals surface area contributed by atoms with Crippen LogP contribution >= 0.6 is 0 Å². The van der Waals surface area contributed by atoms with Gasteiger partial charge in [0.2, 0.25) is 5.91 Å². The van der Waals surface area contributed by atoms with Gasteiger partial charge in [-0.15, -0.1) is 0 Å². The molecule has 2 aromatic carbocycles. The van der Waals surface area contributed by atoms with Crippen molar-refractivity contribution in [2.75, 3.05) is 11.9 Å². The molecule has 4 nitrogen and oxygen atoms in total. The Morgan fingerprint density at radius 3 is 2.50 bits per heavy atom. The summed E-state index contributed by atoms with van der Waals surface area (Å²) in [6, 6.07) is 12.6. The molecule has 0 saturated carbocycles. The number of anilines is 1. The van der Waals surface area contributed by atoms with Gasteiger partial charge >= 0.3 is 0 Å². The number of amides is 2. The Morgan fingerprint density at radius 2 is 1.79 bits per heavy atom. The summed E-state index contributed by atoms with van der Waals surface area (Å²) in [5.74, 6) is -0.922. The highest BCUT2D eigenvalue weighted by molar-refractivity contribution is 6.07. The van der Waals surface area contributed by atoms with Crippen molar-refractivity contribution in [1.29, 1.82) is 0 Å². The van der Waals surface area contributed by atoms with E-state index in [2.05, 4.69) is 10.6 Å². The van der Waals surface area contributed by atoms with Crippen LogP contribution in [-0.2, 0) is 4.79 Å². The second-order valence-corrected chi connectivity index (χ2v) is 5.18. The van der Waals surface area contributed by atoms with Crippen LogP contribution in [0.1, 0.15) is 29.3 Å². The van der Waals surface area contributed by atoms with Crippen LogP contribution in [0.15, 0.2) is 54.6 Å². The first kappa shape index (κ1) is 17.4. The minimum absolute atomic E-state index is 0.227. The number of hydrogen-bond donors (Lipinski definition) is 2. The highest BCUT2D eigenvalue weighted by Crippen LogP contribution is 2.15. The quantitative estimate of drug-likeness (QED) is 0.797. The maximum atomic E-state index is 12.8. The van der Waals surface area contributed by atoms with Crippen molar-refractivity contribution in [3.05, 3.63) is 71.6 Å². The number of hydrogen-bond acceptors (Lipinski definition) is 2. The van der Waals surface area contributed by atoms with E-state index in [9.17, 15) is 14.0 Å². The smallest absolute Gasteiger partial charge is 0.253 e. The van der Waals surface area contributed by atoms with Gasteiger partial charge in [0, 0.05) is 12.6 Å². The fourth-order valence-electron chi connectivity index (χ4n) is 2.04. The van der Waals surface area contributed by atoms with E-state index in [4.69, 9.17) is 0 Å². The molecule has 2 aromatic rings. The molecule has 24 heavy (non-hydrogen) atoms. The Balaban J connectivity index is 2.06. The lowest BCUT2D eigenvalue weighted by atomic mass is 10.1. The van der Waals surface area contributed by atoms with Crippen molar-refractivity contribution < 1.29 is 14.0 Å². The number of para-hydroxylation sites is 1. The molecule has 0 radical (unpaired) electrons. The summed E-state index contributed by atoms with van der Waals surface area (Å²) >= 11 is 0. The molecule has 0 saturated heterocycles. The molecule has 2 amide bonds. The van der Waals surface area contributed by atoms with E-state index in [1.165, 1.54) is 18.2 Å². The number of nitrogens with one attached hydrogen (secondary N) is 2. The minimum Gasteiger partial charge on any atom is -0.352 e. The van der Waals surface area contributed by atoms with E-state index >= 15 is 0 Å². The van der Waals surface area contributed by atoms with Crippen molar-refractivity contribution in [1.82, 2.24) is 5.32 Å². The topological polar surface area (TPSA) is 58.2 Å². The maximum Gasteiger partial charge on any atom is 0.253 e. The standard InChI is InChI=1S/C19H19FN2O2/c1-2-13-21-19(24)16-5-3-4-6-17(16)22-18(23)12-9-14-7-10-15(20)11-8-14/h3-12H,2,13H2,1H3,(H,21,24)(H,22,23)/b12-9+. The second kappa shape index (κ2) is 8.62. The van der Waals surface area contributed by atoms with Gasteiger partial charge in [-0.25, -0.2) is 4.39 Å². The van der Waals surface area contributed by atoms with E-state index < -0.39 is 0 Å². The lowest BCUT2D eigenvalue weighted by Crippen LogP contribution is -2.25. The molecule has 0 aromatic heterocycles. The number of carbonyl (C=O) groups is 2. The van der Waals surface area contributed by atoms with Gasteiger partial charge in [0.05, 0.1) is 11.3 Å². The molecule has 2 N–H and O–H groups in total. The van der Waals surface area contributed by atoms with Gasteiger partial charge in [0.25, 0.3) is 5.91 Å². The molecule has 0 fully saturated rings. The van der Waals surface area contributed by atoms with Crippen LogP contribution in [0.3, 0.4) is 0 Å². The molecule has 0 spiro atoms. The Morgan fingerprint density at radius 1 is 1.08 bits per heavy atom. The zero-order valence-corrected chi connectivity index (χ0v) is 13.4. The van der Waals surface area contributed by atoms with Gasteiger partial charge < -0.3 is 10.6 Å². The van der Waals surface area contributed by atoms with Crippen molar-refractivity contribution in [3.63, 3.8) is 0 Å². The fraction of sp³-hybridized carbons (Fsp3) is 0.158. The monoisotopic (exact) mass is 326 g/mol. The first-order valence-electron chi connectivity index (χ1n) is 7.72. The predicted octanol–water partition coefficient (Wildman–Crippen LogP) is 3.62. The van der Waals surface area contributed by atoms with E-state index in [0.717, 1.165) is 6.42 Å². The van der Waals surface area contributed by atoms with E-state index in [1.54, 1.807) is 42.5 Å². The van der Waals surface area contributed by atoms with Gasteiger partial charge in [0.15, 0.2) is 0 Å². The van der Waals surface area contributed by atoms with Crippen LogP contribution in [0, 0.1) is 5.82 Å². The van der Waals surface area contributed by atoms with Crippen LogP contribution in [0.5, 0.6) is 0 Å². The molecule has 5 heteroatoms. The molecule has 0 heterocycles. The minimum atomic E-state index is -0.366. The molecule has 0 aliphatic rings. The van der Waals surface area contributed by atoms with Gasteiger partial charge in [0.1, 0.15) is 5.82 Å². The summed E-state index contributed by atoms with van der Waals surface area (Å²) < 4.78 is 12.8. The molecule has 0 bridgehead atoms. The zero-order valence-electron chi connectivity index (χ0n) is 13.4. The lowest BCUT2D eigenvalue weighted by molar-refractivity contribution is -0.111. The van der Waals surface area contributed by atoms with Gasteiger partial charge in [-0.2, -0.15) is 0 Å². The fourth-order valence-corrected chi connectivity index (χ4v) is 2.04. The molecule has 124 valence electrons. The van der Waals surface area contributed by atoms with E-state index in [-0.39, 0.29) is 17.6 Å². The summed E-state index contributed by atoms with van der Waals surface area (Å²) in [6.45, 7) is 2.54. The first-order valence-corrected chi connectivity index (χ1v) is 7.72. The summed E-state index contributed by atoms with van der Waals surface area (Å²) in [5.41, 5.74) is 1.56. The van der Waals surface area contributed by atoms with Gasteiger partial charge in [-0.3, -0.25) is 9.59 Å². The number of halogens is 1. The van der Waals surface area contributed by atoms with Gasteiger partial charge in [-0.05, 0) is 42.3 Å². The van der Waals surface area contributed by atoms with E-state index in [1.807, 2.05) is 6.92 Å². The largest absolute Gasteiger partial charge is 0.352 e. The molecular formula is C19H19FN2O2. The summed E-state index contributed by atoms with van der Waals surface area (Å²) in [4.78, 5) is 24.1. The van der Waals surface area contributed by atoms with Crippen molar-refractivity contribution >= 4 is 23.6 Å². The summed E-state index contributed by atoms with van der Waals surface area (Å²) in [5, 5.41) is 5.47. The third kappa shape index (κ3) is 5.05. The SMILES string of the molecule is CCCNC(=O)c1ccccc1NC(=O)/C=C/c1ccc(F)cc1. The Bertz CT molecular complexity index is 739. The molecule has 0 atom stereocenters. The van der Waals surface area contributed by atoms with Crippen LogP contribution in [0.4, 0.5) is 10.1 Å². The molecule has 2 rings (SSSR count). The van der Waals surface area contributed by atoms with Crippen LogP contribution in [-0.4, -0.2) is 18.4 Å². The Labute approximate surface area is 140 Å². The van der Waals surface area contributed by atoms with Crippen molar-refractivity contribution in [2.45, 2.75) is 13.3 Å². The molecule has 0 aliphatic heterocycles. The molecule has 0 unspecified atom stereocenters. The molecular weight excluding hydrogens is 307 g/mol. The second-order valence-electron chi connectivity index (χ2n) is 5.18. The Kier molecular flexibility index (Phi) is 6.25. The normalized spacial score (nSPS) is 10.6. The van der Waals surface area contributed by atoms with Gasteiger partial charge in [-0.1, -0.05) is 31.2 Å². The number of benzene rings is 2. The summed E-state index contributed by atoms with van der Waals surface area (Å²) in [6.07, 6.45) is 3.75. The van der Waals surface area contributed by atoms with Crippen LogP contribution in [0.2, 0.25) is 0 Å². The van der Waals surface area contributed by atoms with Crippen molar-refractivity contribution in [3.8, 4) is 0 Å². The van der Waals surface area contributed by atoms with Crippen molar-refractivity contribution in [2.24, 2.45) is 0 Å². The summed E-state index contributed by atoms with van der Waals surface area (Å²) in [7, 11) is 0. The highest BCUT2D eigenvalue weighted by atomic mass is 19.1. The zero-order chi connectivity index (χ0) is 17.4. The average Bonchev–Trinajstić information content (AvgIpc) is 2.59. The van der Waals surface area contributed by atoms with E-state index in [0.29, 0.717) is 23.4 Å². The highest BCUT2D eigenvalue weighted by Gasteiger charge is 2.11. The number of rotatable bonds is 6. The van der Waals surface area contributed by atoms with Crippen LogP contribution < -0.4 is 10.6 Å². The third-order valence-corrected chi connectivity index (χ3v) is 3.26. The third-order valence-electron chi connectivity index (χ3n) is 3.26. The van der Waals surface area contributed by atoms with Crippen LogP contribution in [0.25, 0.3) is 6.08 Å². The average molecular weight is 326 g/mol. The predicted molar refractivity (Wildman–Crippen MR) is 93.1 cm³/mol. The molecule has 0 aliphatic carbocycles.